The predicted octanol–water partition coefficient (Wildman–Crippen LogP) is 5.41. The lowest BCUT2D eigenvalue weighted by Gasteiger charge is -2.26. The van der Waals surface area contributed by atoms with Gasteiger partial charge in [0.1, 0.15) is 17.2 Å². The smallest absolute Gasteiger partial charge is 0.299 e. The van der Waals surface area contributed by atoms with Gasteiger partial charge in [0, 0.05) is 30.4 Å². The van der Waals surface area contributed by atoms with Crippen LogP contribution in [0.4, 0.5) is 11.4 Å². The van der Waals surface area contributed by atoms with Crippen molar-refractivity contribution in [2.24, 2.45) is 0 Å². The van der Waals surface area contributed by atoms with Gasteiger partial charge < -0.3 is 24.4 Å². The molecule has 1 aromatic heterocycles. The molecule has 5 rings (SSSR count). The molecule has 39 heavy (non-hydrogen) atoms. The van der Waals surface area contributed by atoms with E-state index in [1.54, 1.807) is 87.0 Å². The Kier molecular flexibility index (Phi) is 7.77. The van der Waals surface area contributed by atoms with Gasteiger partial charge in [0.05, 0.1) is 26.1 Å². The summed E-state index contributed by atoms with van der Waals surface area (Å²) in [7, 11) is 3.15. The summed E-state index contributed by atoms with van der Waals surface area (Å²) in [5.74, 6) is 2.04. The second kappa shape index (κ2) is 11.7. The summed E-state index contributed by atoms with van der Waals surface area (Å²) in [4.78, 5) is 28.5. The number of nitrogens with one attached hydrogen (secondary N) is 1. The molecule has 200 valence electrons. The summed E-state index contributed by atoms with van der Waals surface area (Å²) < 4.78 is 17.9. The Morgan fingerprint density at radius 2 is 1.54 bits per heavy atom. The number of methoxy groups -OCH3 is 2. The van der Waals surface area contributed by atoms with Gasteiger partial charge in [-0.05, 0) is 79.9 Å². The molecule has 4 aromatic rings. The maximum Gasteiger partial charge on any atom is 0.299 e. The first kappa shape index (κ1) is 25.8. The molecule has 0 atom stereocenters. The Hall–Kier alpha value is -4.79. The summed E-state index contributed by atoms with van der Waals surface area (Å²) in [6, 6.07) is 21.2. The maximum absolute atomic E-state index is 13.7. The molecule has 9 nitrogen and oxygen atoms in total. The molecule has 0 unspecified atom stereocenters. The van der Waals surface area contributed by atoms with Crippen molar-refractivity contribution >= 4 is 17.3 Å². The van der Waals surface area contributed by atoms with Crippen LogP contribution in [0, 0.1) is 0 Å². The normalized spacial score (nSPS) is 13.0. The summed E-state index contributed by atoms with van der Waals surface area (Å²) in [5, 5.41) is 7.54. The van der Waals surface area contributed by atoms with Gasteiger partial charge in [-0.3, -0.25) is 9.59 Å². The Labute approximate surface area is 226 Å². The number of piperidine rings is 1. The second-order valence-corrected chi connectivity index (χ2v) is 9.14. The number of ether oxygens (including phenoxy) is 3. The zero-order valence-electron chi connectivity index (χ0n) is 21.9. The minimum absolute atomic E-state index is 0.0223. The number of carbonyl (C=O) groups is 1. The fraction of sp³-hybridized carbons (Fsp3) is 0.233. The average molecular weight is 527 g/mol. The zero-order chi connectivity index (χ0) is 27.2. The van der Waals surface area contributed by atoms with E-state index in [1.807, 2.05) is 4.90 Å². The highest BCUT2D eigenvalue weighted by Crippen LogP contribution is 2.31. The summed E-state index contributed by atoms with van der Waals surface area (Å²) in [5.41, 5.74) is 1.60. The van der Waals surface area contributed by atoms with Gasteiger partial charge in [0.2, 0.25) is 0 Å². The van der Waals surface area contributed by atoms with Crippen LogP contribution in [0.1, 0.15) is 29.6 Å². The van der Waals surface area contributed by atoms with Crippen molar-refractivity contribution in [3.8, 4) is 28.7 Å². The molecule has 1 fully saturated rings. The zero-order valence-corrected chi connectivity index (χ0v) is 21.9. The molecular weight excluding hydrogens is 496 g/mol. The molecule has 0 aliphatic carbocycles. The third-order valence-electron chi connectivity index (χ3n) is 6.57. The molecule has 1 N–H and O–H groups in total. The Balaban J connectivity index is 1.47. The number of hydrogen-bond acceptors (Lipinski definition) is 7. The lowest BCUT2D eigenvalue weighted by Crippen LogP contribution is -2.35. The fourth-order valence-electron chi connectivity index (χ4n) is 4.45. The van der Waals surface area contributed by atoms with E-state index in [9.17, 15) is 9.59 Å². The van der Waals surface area contributed by atoms with Gasteiger partial charge in [-0.25, -0.2) is 0 Å². The van der Waals surface area contributed by atoms with Gasteiger partial charge in [-0.1, -0.05) is 6.07 Å². The fourth-order valence-corrected chi connectivity index (χ4v) is 4.45. The van der Waals surface area contributed by atoms with Crippen molar-refractivity contribution in [2.45, 2.75) is 19.3 Å². The molecule has 3 aromatic carbocycles. The Morgan fingerprint density at radius 1 is 0.846 bits per heavy atom. The number of anilines is 2. The van der Waals surface area contributed by atoms with Crippen LogP contribution < -0.4 is 25.1 Å². The van der Waals surface area contributed by atoms with Crippen LogP contribution in [-0.2, 0) is 0 Å². The molecule has 0 bridgehead atoms. The van der Waals surface area contributed by atoms with Crippen molar-refractivity contribution in [1.82, 2.24) is 14.7 Å². The minimum Gasteiger partial charge on any atom is -0.497 e. The van der Waals surface area contributed by atoms with Crippen LogP contribution >= 0.6 is 0 Å². The lowest BCUT2D eigenvalue weighted by molar-refractivity contribution is 0.0724. The first-order chi connectivity index (χ1) is 19.1. The lowest BCUT2D eigenvalue weighted by atomic mass is 10.1. The molecule has 2 heterocycles. The van der Waals surface area contributed by atoms with E-state index in [2.05, 4.69) is 10.4 Å². The highest BCUT2D eigenvalue weighted by Gasteiger charge is 2.19. The van der Waals surface area contributed by atoms with Crippen LogP contribution in [0.5, 0.6) is 23.0 Å². The number of amides is 1. The molecule has 0 spiro atoms. The highest BCUT2D eigenvalue weighted by molar-refractivity contribution is 5.94. The molecular formula is C30H30N4O5. The summed E-state index contributed by atoms with van der Waals surface area (Å²) >= 11 is 0. The van der Waals surface area contributed by atoms with Crippen LogP contribution in [0.3, 0.4) is 0 Å². The number of nitrogens with zero attached hydrogens (tertiary/aromatic N) is 3. The van der Waals surface area contributed by atoms with Crippen LogP contribution in [0.25, 0.3) is 5.69 Å². The standard InChI is InChI=1S/C30H30N4O5/c1-37-24-15-13-23(14-16-24)34-30(36)28(27(20-31-34)39-26-8-6-7-25(19-26)38-2)32-22-11-9-21(10-12-22)29(35)33-17-4-3-5-18-33/h6-16,19-20,32H,3-5,17-18H2,1-2H3. The van der Waals surface area contributed by atoms with Gasteiger partial charge in [0.25, 0.3) is 11.5 Å². The molecule has 0 saturated carbocycles. The largest absolute Gasteiger partial charge is 0.497 e. The molecule has 1 saturated heterocycles. The van der Waals surface area contributed by atoms with Gasteiger partial charge in [-0.2, -0.15) is 9.78 Å². The average Bonchev–Trinajstić information content (AvgIpc) is 2.99. The SMILES string of the molecule is COc1ccc(-n2ncc(Oc3cccc(OC)c3)c(Nc3ccc(C(=O)N4CCCCC4)cc3)c2=O)cc1. The summed E-state index contributed by atoms with van der Waals surface area (Å²) in [6.07, 6.45) is 4.71. The molecule has 0 radical (unpaired) electrons. The topological polar surface area (TPSA) is 94.9 Å². The van der Waals surface area contributed by atoms with E-state index in [0.29, 0.717) is 34.2 Å². The third-order valence-corrected chi connectivity index (χ3v) is 6.57. The van der Waals surface area contributed by atoms with Crippen molar-refractivity contribution in [1.29, 1.82) is 0 Å². The van der Waals surface area contributed by atoms with E-state index in [1.165, 1.54) is 10.9 Å². The number of likely N-dealkylation sites (tertiary alicyclic amines) is 1. The third kappa shape index (κ3) is 5.87. The van der Waals surface area contributed by atoms with E-state index >= 15 is 0 Å². The molecule has 1 aliphatic rings. The number of aromatic nitrogens is 2. The number of carbonyl (C=O) groups excluding carboxylic acids is 1. The van der Waals surface area contributed by atoms with Crippen molar-refractivity contribution in [3.63, 3.8) is 0 Å². The first-order valence-corrected chi connectivity index (χ1v) is 12.8. The van der Waals surface area contributed by atoms with Gasteiger partial charge >= 0.3 is 0 Å². The quantitative estimate of drug-likeness (QED) is 0.328. The molecule has 9 heteroatoms. The van der Waals surface area contributed by atoms with Crippen LogP contribution in [-0.4, -0.2) is 47.9 Å². The van der Waals surface area contributed by atoms with Crippen LogP contribution in [0.2, 0.25) is 0 Å². The van der Waals surface area contributed by atoms with Crippen molar-refractivity contribution in [2.75, 3.05) is 32.6 Å². The Morgan fingerprint density at radius 3 is 2.23 bits per heavy atom. The minimum atomic E-state index is -0.408. The number of benzene rings is 3. The first-order valence-electron chi connectivity index (χ1n) is 12.8. The highest BCUT2D eigenvalue weighted by atomic mass is 16.5. The van der Waals surface area contributed by atoms with E-state index in [-0.39, 0.29) is 17.3 Å². The molecule has 1 aliphatic heterocycles. The van der Waals surface area contributed by atoms with E-state index in [4.69, 9.17) is 14.2 Å². The number of hydrogen-bond donors (Lipinski definition) is 1. The maximum atomic E-state index is 13.7. The summed E-state index contributed by atoms with van der Waals surface area (Å²) in [6.45, 7) is 1.57. The van der Waals surface area contributed by atoms with Gasteiger partial charge in [0.15, 0.2) is 11.4 Å². The van der Waals surface area contributed by atoms with Crippen molar-refractivity contribution < 1.29 is 19.0 Å². The monoisotopic (exact) mass is 526 g/mol. The molecule has 1 amide bonds. The second-order valence-electron chi connectivity index (χ2n) is 9.14. The van der Waals surface area contributed by atoms with E-state index < -0.39 is 5.56 Å². The van der Waals surface area contributed by atoms with Gasteiger partial charge in [-0.15, -0.1) is 0 Å². The Bertz CT molecular complexity index is 1490. The van der Waals surface area contributed by atoms with Crippen LogP contribution in [0.15, 0.2) is 83.8 Å². The number of rotatable bonds is 8. The predicted molar refractivity (Wildman–Crippen MR) is 149 cm³/mol. The van der Waals surface area contributed by atoms with Crippen molar-refractivity contribution in [3.05, 3.63) is 94.9 Å². The van der Waals surface area contributed by atoms with E-state index in [0.717, 1.165) is 32.4 Å².